The third kappa shape index (κ3) is 3.19. The van der Waals surface area contributed by atoms with Gasteiger partial charge < -0.3 is 10.0 Å². The van der Waals surface area contributed by atoms with Crippen LogP contribution in [-0.4, -0.2) is 43.5 Å². The molecule has 0 bridgehead atoms. The highest BCUT2D eigenvalue weighted by atomic mass is 16.3. The predicted octanol–water partition coefficient (Wildman–Crippen LogP) is 3.85. The van der Waals surface area contributed by atoms with Gasteiger partial charge in [0.1, 0.15) is 5.82 Å². The van der Waals surface area contributed by atoms with Crippen LogP contribution in [0.3, 0.4) is 0 Å². The van der Waals surface area contributed by atoms with Crippen molar-refractivity contribution < 1.29 is 5.11 Å². The van der Waals surface area contributed by atoms with Gasteiger partial charge in [-0.15, -0.1) is 0 Å². The molecular weight excluding hydrogens is 362 g/mol. The molecule has 0 spiro atoms. The van der Waals surface area contributed by atoms with Gasteiger partial charge in [0.15, 0.2) is 0 Å². The molecule has 1 aliphatic carbocycles. The molecule has 4 heterocycles. The van der Waals surface area contributed by atoms with E-state index in [9.17, 15) is 5.11 Å². The number of rotatable bonds is 4. The molecule has 1 aliphatic heterocycles. The molecule has 29 heavy (non-hydrogen) atoms. The number of hydrogen-bond acceptors (Lipinski definition) is 5. The van der Waals surface area contributed by atoms with Gasteiger partial charge in [-0.3, -0.25) is 4.98 Å². The van der Waals surface area contributed by atoms with Crippen molar-refractivity contribution in [3.63, 3.8) is 0 Å². The summed E-state index contributed by atoms with van der Waals surface area (Å²) in [6, 6.07) is 6.32. The summed E-state index contributed by atoms with van der Waals surface area (Å²) in [6.45, 7) is 7.84. The summed E-state index contributed by atoms with van der Waals surface area (Å²) in [6.07, 6.45) is 10.4. The lowest BCUT2D eigenvalue weighted by atomic mass is 9.68. The van der Waals surface area contributed by atoms with Gasteiger partial charge in [0, 0.05) is 54.0 Å². The van der Waals surface area contributed by atoms with Crippen molar-refractivity contribution in [1.29, 1.82) is 0 Å². The van der Waals surface area contributed by atoms with E-state index in [1.54, 1.807) is 0 Å². The Labute approximate surface area is 171 Å². The minimum absolute atomic E-state index is 0.203. The van der Waals surface area contributed by atoms with E-state index in [0.29, 0.717) is 0 Å². The molecule has 1 saturated heterocycles. The van der Waals surface area contributed by atoms with Gasteiger partial charge in [-0.1, -0.05) is 13.3 Å². The first kappa shape index (κ1) is 18.6. The number of hydrogen-bond donors (Lipinski definition) is 1. The fraction of sp³-hybridized carbons (Fsp3) is 0.522. The van der Waals surface area contributed by atoms with Gasteiger partial charge in [0.2, 0.25) is 0 Å². The van der Waals surface area contributed by atoms with Crippen LogP contribution in [-0.2, 0) is 5.41 Å². The van der Waals surface area contributed by atoms with E-state index in [1.807, 2.05) is 43.2 Å². The predicted molar refractivity (Wildman–Crippen MR) is 114 cm³/mol. The SMILES string of the molecule is CC1(c2cc3c(cn2)cnn3-c2ccnc(N3CC[C@@H](C(C)(C)O)C3)c2)CCC1. The highest BCUT2D eigenvalue weighted by Crippen LogP contribution is 2.42. The van der Waals surface area contributed by atoms with Crippen LogP contribution in [0.5, 0.6) is 0 Å². The molecule has 0 unspecified atom stereocenters. The third-order valence-electron chi connectivity index (χ3n) is 7.01. The van der Waals surface area contributed by atoms with E-state index in [-0.39, 0.29) is 11.3 Å². The Morgan fingerprint density at radius 2 is 2.00 bits per heavy atom. The van der Waals surface area contributed by atoms with E-state index in [1.165, 1.54) is 25.0 Å². The van der Waals surface area contributed by atoms with Crippen molar-refractivity contribution in [2.24, 2.45) is 5.92 Å². The zero-order valence-electron chi connectivity index (χ0n) is 17.5. The van der Waals surface area contributed by atoms with Gasteiger partial charge >= 0.3 is 0 Å². The van der Waals surface area contributed by atoms with E-state index in [2.05, 4.69) is 34.0 Å². The summed E-state index contributed by atoms with van der Waals surface area (Å²) >= 11 is 0. The topological polar surface area (TPSA) is 67.1 Å². The minimum atomic E-state index is -0.661. The second-order valence-electron chi connectivity index (χ2n) is 9.56. The Hall–Kier alpha value is -2.47. The number of anilines is 1. The summed E-state index contributed by atoms with van der Waals surface area (Å²) in [4.78, 5) is 11.6. The molecule has 1 N–H and O–H groups in total. The molecule has 0 radical (unpaired) electrons. The van der Waals surface area contributed by atoms with E-state index in [0.717, 1.165) is 41.9 Å². The molecule has 152 valence electrons. The number of aliphatic hydroxyl groups is 1. The number of fused-ring (bicyclic) bond motifs is 1. The minimum Gasteiger partial charge on any atom is -0.390 e. The molecule has 5 rings (SSSR count). The highest BCUT2D eigenvalue weighted by Gasteiger charge is 2.35. The first-order chi connectivity index (χ1) is 13.8. The fourth-order valence-corrected chi connectivity index (χ4v) is 4.68. The van der Waals surface area contributed by atoms with Crippen molar-refractivity contribution in [3.05, 3.63) is 42.5 Å². The van der Waals surface area contributed by atoms with Crippen molar-refractivity contribution in [2.45, 2.75) is 57.5 Å². The fourth-order valence-electron chi connectivity index (χ4n) is 4.68. The lowest BCUT2D eigenvalue weighted by Crippen LogP contribution is -2.33. The van der Waals surface area contributed by atoms with Gasteiger partial charge in [0.25, 0.3) is 0 Å². The van der Waals surface area contributed by atoms with Crippen LogP contribution < -0.4 is 4.90 Å². The number of aromatic nitrogens is 4. The standard InChI is InChI=1S/C23H29N5O/c1-22(2,29)17-6-10-27(15-17)21-11-18(5-9-24-21)28-19-12-20(23(3)7-4-8-23)25-13-16(19)14-26-28/h5,9,11-14,17,29H,4,6-8,10,15H2,1-3H3/t17-/m1/s1. The Morgan fingerprint density at radius 1 is 1.17 bits per heavy atom. The summed E-state index contributed by atoms with van der Waals surface area (Å²) in [5, 5.41) is 16.1. The zero-order chi connectivity index (χ0) is 20.2. The Morgan fingerprint density at radius 3 is 2.69 bits per heavy atom. The van der Waals surface area contributed by atoms with Gasteiger partial charge in [-0.2, -0.15) is 5.10 Å². The second-order valence-corrected chi connectivity index (χ2v) is 9.56. The summed E-state index contributed by atoms with van der Waals surface area (Å²) < 4.78 is 2.00. The van der Waals surface area contributed by atoms with Crippen molar-refractivity contribution in [3.8, 4) is 5.69 Å². The van der Waals surface area contributed by atoms with Crippen LogP contribution in [0.2, 0.25) is 0 Å². The van der Waals surface area contributed by atoms with Gasteiger partial charge in [-0.05, 0) is 45.2 Å². The van der Waals surface area contributed by atoms with Crippen LogP contribution in [0.1, 0.15) is 52.1 Å². The summed E-state index contributed by atoms with van der Waals surface area (Å²) in [5.74, 6) is 1.20. The Kier molecular flexibility index (Phi) is 4.17. The average molecular weight is 392 g/mol. The van der Waals surface area contributed by atoms with Crippen LogP contribution in [0, 0.1) is 5.92 Å². The number of pyridine rings is 2. The molecule has 1 atom stereocenters. The highest BCUT2D eigenvalue weighted by molar-refractivity contribution is 5.80. The van der Waals surface area contributed by atoms with Crippen LogP contribution in [0.25, 0.3) is 16.6 Å². The maximum absolute atomic E-state index is 10.4. The second kappa shape index (κ2) is 6.52. The van der Waals surface area contributed by atoms with Crippen molar-refractivity contribution in [1.82, 2.24) is 19.7 Å². The van der Waals surface area contributed by atoms with Crippen molar-refractivity contribution >= 4 is 16.7 Å². The first-order valence-electron chi connectivity index (χ1n) is 10.6. The molecule has 1 saturated carbocycles. The Bertz CT molecular complexity index is 1050. The van der Waals surface area contributed by atoms with Crippen LogP contribution in [0.4, 0.5) is 5.82 Å². The van der Waals surface area contributed by atoms with Crippen molar-refractivity contribution in [2.75, 3.05) is 18.0 Å². The summed E-state index contributed by atoms with van der Waals surface area (Å²) in [5.41, 5.74) is 2.81. The molecule has 6 heteroatoms. The van der Waals surface area contributed by atoms with Crippen LogP contribution in [0.15, 0.2) is 36.8 Å². The smallest absolute Gasteiger partial charge is 0.130 e. The molecule has 6 nitrogen and oxygen atoms in total. The maximum atomic E-state index is 10.4. The monoisotopic (exact) mass is 391 g/mol. The lowest BCUT2D eigenvalue weighted by Gasteiger charge is -2.37. The molecule has 2 fully saturated rings. The van der Waals surface area contributed by atoms with Gasteiger partial charge in [0.05, 0.1) is 23.0 Å². The maximum Gasteiger partial charge on any atom is 0.130 e. The molecule has 0 amide bonds. The van der Waals surface area contributed by atoms with Crippen LogP contribution >= 0.6 is 0 Å². The first-order valence-corrected chi connectivity index (χ1v) is 10.6. The lowest BCUT2D eigenvalue weighted by molar-refractivity contribution is 0.0263. The van der Waals surface area contributed by atoms with E-state index < -0.39 is 5.60 Å². The molecule has 0 aromatic carbocycles. The zero-order valence-corrected chi connectivity index (χ0v) is 17.5. The number of nitrogens with zero attached hydrogens (tertiary/aromatic N) is 5. The molecule has 3 aromatic heterocycles. The molecule has 2 aliphatic rings. The molecule has 3 aromatic rings. The summed E-state index contributed by atoms with van der Waals surface area (Å²) in [7, 11) is 0. The Balaban J connectivity index is 1.48. The van der Waals surface area contributed by atoms with E-state index in [4.69, 9.17) is 4.98 Å². The third-order valence-corrected chi connectivity index (χ3v) is 7.01. The average Bonchev–Trinajstić information content (AvgIpc) is 3.33. The quantitative estimate of drug-likeness (QED) is 0.732. The van der Waals surface area contributed by atoms with Gasteiger partial charge in [-0.25, -0.2) is 9.67 Å². The normalized spacial score (nSPS) is 21.5. The van der Waals surface area contributed by atoms with E-state index >= 15 is 0 Å². The largest absolute Gasteiger partial charge is 0.390 e. The molecular formula is C23H29N5O.